The van der Waals surface area contributed by atoms with Gasteiger partial charge in [-0.3, -0.25) is 14.5 Å². The monoisotopic (exact) mass is 428 g/mol. The fraction of sp³-hybridized carbons (Fsp3) is 0.364. The van der Waals surface area contributed by atoms with E-state index in [0.29, 0.717) is 22.1 Å². The van der Waals surface area contributed by atoms with Gasteiger partial charge in [0.1, 0.15) is 12.3 Å². The second-order valence-electron chi connectivity index (χ2n) is 7.40. The first-order chi connectivity index (χ1) is 14.5. The molecule has 0 unspecified atom stereocenters. The highest BCUT2D eigenvalue weighted by Gasteiger charge is 2.27. The van der Waals surface area contributed by atoms with Crippen LogP contribution in [0.25, 0.3) is 0 Å². The van der Waals surface area contributed by atoms with Crippen LogP contribution in [0.4, 0.5) is 17.1 Å². The lowest BCUT2D eigenvalue weighted by molar-refractivity contribution is -0.123. The van der Waals surface area contributed by atoms with E-state index >= 15 is 0 Å². The second-order valence-corrected chi connectivity index (χ2v) is 7.83. The van der Waals surface area contributed by atoms with Crippen molar-refractivity contribution in [3.8, 4) is 5.75 Å². The molecule has 2 heterocycles. The van der Waals surface area contributed by atoms with Gasteiger partial charge in [-0.15, -0.1) is 0 Å². The van der Waals surface area contributed by atoms with E-state index in [1.165, 1.54) is 4.90 Å². The second kappa shape index (κ2) is 8.93. The molecular weight excluding hydrogens is 404 g/mol. The summed E-state index contributed by atoms with van der Waals surface area (Å²) in [7, 11) is 0. The Hall–Kier alpha value is -2.77. The number of carbonyl (C=O) groups is 2. The van der Waals surface area contributed by atoms with Gasteiger partial charge in [0.25, 0.3) is 5.91 Å². The number of benzene rings is 2. The number of ether oxygens (including phenoxy) is 1. The number of rotatable bonds is 5. The number of amides is 2. The van der Waals surface area contributed by atoms with Gasteiger partial charge in [-0.05, 0) is 49.0 Å². The van der Waals surface area contributed by atoms with Crippen molar-refractivity contribution in [2.24, 2.45) is 0 Å². The van der Waals surface area contributed by atoms with E-state index < -0.39 is 0 Å². The van der Waals surface area contributed by atoms with Gasteiger partial charge in [0, 0.05) is 42.6 Å². The van der Waals surface area contributed by atoms with Crippen LogP contribution in [-0.4, -0.2) is 62.6 Å². The molecule has 0 bridgehead atoms. The van der Waals surface area contributed by atoms with Crippen LogP contribution >= 0.6 is 11.6 Å². The molecular formula is C22H25ClN4O3. The molecule has 4 rings (SSSR count). The van der Waals surface area contributed by atoms with Crippen molar-refractivity contribution in [1.82, 2.24) is 4.90 Å². The largest absolute Gasteiger partial charge is 0.482 e. The number of nitrogens with one attached hydrogen (secondary N) is 1. The molecule has 2 aliphatic rings. The first kappa shape index (κ1) is 20.5. The normalized spacial score (nSPS) is 16.8. The van der Waals surface area contributed by atoms with Crippen LogP contribution < -0.4 is 19.9 Å². The standard InChI is InChI=1S/C22H25ClN4O3/c1-2-25-9-11-26(12-10-25)18-6-4-17(5-7-18)24-21(28)14-27-19-13-16(23)3-8-20(19)30-15-22(27)29/h3-8,13H,2,9-12,14-15H2,1H3,(H,24,28). The van der Waals surface area contributed by atoms with E-state index in [-0.39, 0.29) is 25.0 Å². The molecule has 0 atom stereocenters. The van der Waals surface area contributed by atoms with Crippen LogP contribution in [0.2, 0.25) is 5.02 Å². The summed E-state index contributed by atoms with van der Waals surface area (Å²) in [6, 6.07) is 12.9. The van der Waals surface area contributed by atoms with Crippen LogP contribution in [0.15, 0.2) is 42.5 Å². The minimum atomic E-state index is -0.277. The Balaban J connectivity index is 1.38. The number of halogens is 1. The van der Waals surface area contributed by atoms with Crippen LogP contribution in [0, 0.1) is 0 Å². The lowest BCUT2D eigenvalue weighted by Gasteiger charge is -2.35. The Bertz CT molecular complexity index is 926. The third-order valence-corrected chi connectivity index (χ3v) is 5.74. The van der Waals surface area contributed by atoms with E-state index in [0.717, 1.165) is 38.4 Å². The number of nitrogens with zero attached hydrogens (tertiary/aromatic N) is 3. The summed E-state index contributed by atoms with van der Waals surface area (Å²) in [5, 5.41) is 3.35. The van der Waals surface area contributed by atoms with Gasteiger partial charge in [0.2, 0.25) is 5.91 Å². The zero-order valence-electron chi connectivity index (χ0n) is 16.9. The first-order valence-electron chi connectivity index (χ1n) is 10.1. The maximum Gasteiger partial charge on any atom is 0.265 e. The summed E-state index contributed by atoms with van der Waals surface area (Å²) in [4.78, 5) is 31.1. The number of piperazine rings is 1. The van der Waals surface area contributed by atoms with Gasteiger partial charge in [-0.1, -0.05) is 18.5 Å². The number of anilines is 3. The zero-order valence-corrected chi connectivity index (χ0v) is 17.7. The summed E-state index contributed by atoms with van der Waals surface area (Å²) in [6.45, 7) is 7.20. The molecule has 1 fully saturated rings. The van der Waals surface area contributed by atoms with Crippen LogP contribution in [0.3, 0.4) is 0 Å². The highest BCUT2D eigenvalue weighted by atomic mass is 35.5. The highest BCUT2D eigenvalue weighted by Crippen LogP contribution is 2.34. The quantitative estimate of drug-likeness (QED) is 0.793. The van der Waals surface area contributed by atoms with Crippen LogP contribution in [0.5, 0.6) is 5.75 Å². The first-order valence-corrected chi connectivity index (χ1v) is 10.5. The fourth-order valence-electron chi connectivity index (χ4n) is 3.77. The van der Waals surface area contributed by atoms with E-state index in [1.807, 2.05) is 24.3 Å². The number of likely N-dealkylation sites (N-methyl/N-ethyl adjacent to an activating group) is 1. The molecule has 30 heavy (non-hydrogen) atoms. The number of fused-ring (bicyclic) bond motifs is 1. The molecule has 2 amide bonds. The topological polar surface area (TPSA) is 65.1 Å². The van der Waals surface area contributed by atoms with Crippen molar-refractivity contribution in [2.75, 3.05) is 61.0 Å². The molecule has 1 saturated heterocycles. The van der Waals surface area contributed by atoms with Crippen molar-refractivity contribution < 1.29 is 14.3 Å². The minimum absolute atomic E-state index is 0.0953. The predicted molar refractivity (Wildman–Crippen MR) is 119 cm³/mol. The molecule has 0 aromatic heterocycles. The van der Waals surface area contributed by atoms with E-state index in [2.05, 4.69) is 22.0 Å². The molecule has 2 aromatic carbocycles. The van der Waals surface area contributed by atoms with Crippen LogP contribution in [-0.2, 0) is 9.59 Å². The molecule has 8 heteroatoms. The highest BCUT2D eigenvalue weighted by molar-refractivity contribution is 6.31. The molecule has 1 N–H and O–H groups in total. The fourth-order valence-corrected chi connectivity index (χ4v) is 3.94. The Morgan fingerprint density at radius 1 is 1.10 bits per heavy atom. The number of hydrogen-bond donors (Lipinski definition) is 1. The summed E-state index contributed by atoms with van der Waals surface area (Å²) in [6.07, 6.45) is 0. The summed E-state index contributed by atoms with van der Waals surface area (Å²) >= 11 is 6.05. The van der Waals surface area contributed by atoms with Gasteiger partial charge in [0.05, 0.1) is 5.69 Å². The zero-order chi connectivity index (χ0) is 21.1. The van der Waals surface area contributed by atoms with Crippen LogP contribution in [0.1, 0.15) is 6.92 Å². The summed E-state index contributed by atoms with van der Waals surface area (Å²) in [5.41, 5.74) is 2.36. The predicted octanol–water partition coefficient (Wildman–Crippen LogP) is 2.85. The smallest absolute Gasteiger partial charge is 0.265 e. The van der Waals surface area contributed by atoms with E-state index in [9.17, 15) is 9.59 Å². The van der Waals surface area contributed by atoms with Gasteiger partial charge >= 0.3 is 0 Å². The Morgan fingerprint density at radius 3 is 2.53 bits per heavy atom. The van der Waals surface area contributed by atoms with Crippen molar-refractivity contribution in [3.05, 3.63) is 47.5 Å². The lowest BCUT2D eigenvalue weighted by atomic mass is 10.2. The van der Waals surface area contributed by atoms with Crippen molar-refractivity contribution in [3.63, 3.8) is 0 Å². The molecule has 7 nitrogen and oxygen atoms in total. The van der Waals surface area contributed by atoms with Gasteiger partial charge in [0.15, 0.2) is 6.61 Å². The van der Waals surface area contributed by atoms with Gasteiger partial charge in [-0.2, -0.15) is 0 Å². The SMILES string of the molecule is CCN1CCN(c2ccc(NC(=O)CN3C(=O)COc4ccc(Cl)cc43)cc2)CC1. The molecule has 0 aliphatic carbocycles. The molecule has 0 saturated carbocycles. The summed E-state index contributed by atoms with van der Waals surface area (Å²) in [5.74, 6) is -0.0127. The van der Waals surface area contributed by atoms with Crippen molar-refractivity contribution in [1.29, 1.82) is 0 Å². The summed E-state index contributed by atoms with van der Waals surface area (Å²) < 4.78 is 5.42. The number of carbonyl (C=O) groups excluding carboxylic acids is 2. The average Bonchev–Trinajstić information content (AvgIpc) is 2.76. The third kappa shape index (κ3) is 4.52. The Kier molecular flexibility index (Phi) is 6.11. The maximum absolute atomic E-state index is 12.6. The van der Waals surface area contributed by atoms with E-state index in [1.54, 1.807) is 18.2 Å². The van der Waals surface area contributed by atoms with Gasteiger partial charge in [-0.25, -0.2) is 0 Å². The lowest BCUT2D eigenvalue weighted by Crippen LogP contribution is -2.46. The van der Waals surface area contributed by atoms with Gasteiger partial charge < -0.3 is 19.9 Å². The molecule has 158 valence electrons. The Morgan fingerprint density at radius 2 is 1.83 bits per heavy atom. The van der Waals surface area contributed by atoms with E-state index in [4.69, 9.17) is 16.3 Å². The molecule has 0 radical (unpaired) electrons. The molecule has 2 aromatic rings. The van der Waals surface area contributed by atoms with Crippen molar-refractivity contribution >= 4 is 40.5 Å². The third-order valence-electron chi connectivity index (χ3n) is 5.50. The number of hydrogen-bond acceptors (Lipinski definition) is 5. The maximum atomic E-state index is 12.6. The average molecular weight is 429 g/mol. The van der Waals surface area contributed by atoms with Crippen molar-refractivity contribution in [2.45, 2.75) is 6.92 Å². The Labute approximate surface area is 181 Å². The molecule has 2 aliphatic heterocycles. The minimum Gasteiger partial charge on any atom is -0.482 e. The molecule has 0 spiro atoms.